The third kappa shape index (κ3) is 3.39. The van der Waals surface area contributed by atoms with Gasteiger partial charge in [0.2, 0.25) is 0 Å². The normalized spacial score (nSPS) is 20.0. The van der Waals surface area contributed by atoms with E-state index in [9.17, 15) is 15.2 Å². The average molecular weight is 385 g/mol. The van der Waals surface area contributed by atoms with Gasteiger partial charge in [0.05, 0.1) is 22.5 Å². The number of imidazole rings is 1. The van der Waals surface area contributed by atoms with Crippen molar-refractivity contribution in [2.75, 3.05) is 13.1 Å². The Morgan fingerprint density at radius 3 is 2.70 bits per heavy atom. The van der Waals surface area contributed by atoms with Crippen molar-refractivity contribution < 1.29 is 14.9 Å². The van der Waals surface area contributed by atoms with Crippen LogP contribution in [0.1, 0.15) is 12.8 Å². The highest BCUT2D eigenvalue weighted by Gasteiger charge is 2.24. The number of non-ortho nitro benzene ring substituents is 1. The molecule has 0 aliphatic carbocycles. The summed E-state index contributed by atoms with van der Waals surface area (Å²) in [5.41, 5.74) is 2.55. The van der Waals surface area contributed by atoms with E-state index in [1.165, 1.54) is 11.0 Å². The summed E-state index contributed by atoms with van der Waals surface area (Å²) in [6.45, 7) is 2.19. The summed E-state index contributed by atoms with van der Waals surface area (Å²) in [7, 11) is 0. The standard InChI is InChI=1S/C19H20N4O3S/c24-16-7-4-10-20(12-16)13-21-18-11-15(23(25)26)8-9-17(18)22(19(21)27)14-5-2-1-3-6-14/h1-3,5-6,8-9,11,16,24H,4,7,10,12-13H2/p+1/t16-/m0/s1. The van der Waals surface area contributed by atoms with E-state index in [2.05, 4.69) is 0 Å². The number of hydrogen-bond acceptors (Lipinski definition) is 4. The smallest absolute Gasteiger partial charge is 0.271 e. The first-order chi connectivity index (χ1) is 13.0. The van der Waals surface area contributed by atoms with Gasteiger partial charge in [-0.3, -0.25) is 19.2 Å². The maximum absolute atomic E-state index is 11.3. The van der Waals surface area contributed by atoms with E-state index in [0.29, 0.717) is 18.0 Å². The number of piperidine rings is 1. The molecule has 2 atom stereocenters. The summed E-state index contributed by atoms with van der Waals surface area (Å²) in [4.78, 5) is 12.1. The number of nitrogens with zero attached hydrogens (tertiary/aromatic N) is 3. The Bertz CT molecular complexity index is 1040. The van der Waals surface area contributed by atoms with Gasteiger partial charge in [-0.15, -0.1) is 0 Å². The Kier molecular flexibility index (Phi) is 4.77. The molecular weight excluding hydrogens is 364 g/mol. The van der Waals surface area contributed by atoms with Gasteiger partial charge in [-0.2, -0.15) is 0 Å². The quantitative estimate of drug-likeness (QED) is 0.409. The number of aliphatic hydroxyl groups is 1. The third-order valence-electron chi connectivity index (χ3n) is 5.11. The second-order valence-corrected chi connectivity index (χ2v) is 7.34. The minimum Gasteiger partial charge on any atom is -0.387 e. The molecule has 8 heteroatoms. The number of aliphatic hydroxyl groups excluding tert-OH is 1. The lowest BCUT2D eigenvalue weighted by molar-refractivity contribution is -0.930. The predicted molar refractivity (Wildman–Crippen MR) is 105 cm³/mol. The maximum Gasteiger partial charge on any atom is 0.271 e. The number of aromatic nitrogens is 2. The van der Waals surface area contributed by atoms with Gasteiger partial charge in [0, 0.05) is 17.8 Å². The lowest BCUT2D eigenvalue weighted by Crippen LogP contribution is -3.13. The number of quaternary nitrogens is 1. The zero-order chi connectivity index (χ0) is 19.0. The Labute approximate surface area is 161 Å². The number of nitro benzene ring substituents is 1. The second-order valence-electron chi connectivity index (χ2n) is 6.97. The summed E-state index contributed by atoms with van der Waals surface area (Å²) >= 11 is 5.76. The lowest BCUT2D eigenvalue weighted by atomic mass is 10.1. The number of hydrogen-bond donors (Lipinski definition) is 2. The molecule has 1 saturated heterocycles. The molecule has 2 heterocycles. The Morgan fingerprint density at radius 2 is 2.00 bits per heavy atom. The van der Waals surface area contributed by atoms with Crippen molar-refractivity contribution >= 4 is 28.9 Å². The molecule has 1 aromatic heterocycles. The molecule has 1 aliphatic heterocycles. The van der Waals surface area contributed by atoms with Gasteiger partial charge in [0.15, 0.2) is 11.4 Å². The van der Waals surface area contributed by atoms with Crippen LogP contribution in [0.5, 0.6) is 0 Å². The summed E-state index contributed by atoms with van der Waals surface area (Å²) < 4.78 is 4.51. The zero-order valence-corrected chi connectivity index (χ0v) is 15.6. The van der Waals surface area contributed by atoms with E-state index in [1.54, 1.807) is 12.1 Å². The van der Waals surface area contributed by atoms with E-state index in [4.69, 9.17) is 12.2 Å². The SMILES string of the molecule is O=[N+]([O-])c1ccc2c(c1)n(C[NH+]1CCC[C@H](O)C1)c(=S)n2-c1ccccc1. The molecule has 0 amide bonds. The molecule has 2 N–H and O–H groups in total. The molecule has 1 fully saturated rings. The van der Waals surface area contributed by atoms with Crippen molar-refractivity contribution in [3.63, 3.8) is 0 Å². The predicted octanol–water partition coefficient (Wildman–Crippen LogP) is 2.07. The van der Waals surface area contributed by atoms with Crippen LogP contribution in [0.15, 0.2) is 48.5 Å². The van der Waals surface area contributed by atoms with Crippen molar-refractivity contribution in [2.24, 2.45) is 0 Å². The molecule has 3 aromatic rings. The maximum atomic E-state index is 11.3. The monoisotopic (exact) mass is 385 g/mol. The van der Waals surface area contributed by atoms with Crippen LogP contribution in [0, 0.1) is 14.9 Å². The molecule has 0 saturated carbocycles. The fraction of sp³-hybridized carbons (Fsp3) is 0.316. The van der Waals surface area contributed by atoms with E-state index >= 15 is 0 Å². The van der Waals surface area contributed by atoms with Crippen LogP contribution in [0.4, 0.5) is 5.69 Å². The number of para-hydroxylation sites is 1. The Morgan fingerprint density at radius 1 is 1.22 bits per heavy atom. The molecule has 0 bridgehead atoms. The molecule has 140 valence electrons. The zero-order valence-electron chi connectivity index (χ0n) is 14.7. The van der Waals surface area contributed by atoms with Crippen LogP contribution in [-0.2, 0) is 6.67 Å². The largest absolute Gasteiger partial charge is 0.387 e. The fourth-order valence-electron chi connectivity index (χ4n) is 3.83. The minimum atomic E-state index is -0.385. The van der Waals surface area contributed by atoms with Crippen LogP contribution in [0.3, 0.4) is 0 Å². The molecule has 0 radical (unpaired) electrons. The van der Waals surface area contributed by atoms with Crippen molar-refractivity contribution in [3.05, 3.63) is 63.4 Å². The van der Waals surface area contributed by atoms with E-state index in [1.807, 2.05) is 39.5 Å². The first-order valence-corrected chi connectivity index (χ1v) is 9.42. The van der Waals surface area contributed by atoms with Crippen molar-refractivity contribution in [1.29, 1.82) is 0 Å². The molecule has 0 spiro atoms. The molecule has 27 heavy (non-hydrogen) atoms. The molecule has 1 aliphatic rings. The number of nitro groups is 1. The van der Waals surface area contributed by atoms with Crippen LogP contribution in [0.25, 0.3) is 16.7 Å². The highest BCUT2D eigenvalue weighted by Crippen LogP contribution is 2.26. The summed E-state index contributed by atoms with van der Waals surface area (Å²) in [5, 5.41) is 21.3. The second kappa shape index (κ2) is 7.22. The number of likely N-dealkylation sites (tertiary alicyclic amines) is 1. The van der Waals surface area contributed by atoms with Crippen LogP contribution in [0.2, 0.25) is 0 Å². The van der Waals surface area contributed by atoms with E-state index < -0.39 is 0 Å². The van der Waals surface area contributed by atoms with Crippen LogP contribution >= 0.6 is 12.2 Å². The number of rotatable bonds is 4. The summed E-state index contributed by atoms with van der Waals surface area (Å²) in [6, 6.07) is 14.6. The first-order valence-electron chi connectivity index (χ1n) is 9.01. The van der Waals surface area contributed by atoms with Gasteiger partial charge >= 0.3 is 0 Å². The van der Waals surface area contributed by atoms with Crippen molar-refractivity contribution in [3.8, 4) is 5.69 Å². The van der Waals surface area contributed by atoms with E-state index in [0.717, 1.165) is 36.1 Å². The number of nitrogens with one attached hydrogen (secondary N) is 1. The summed E-state index contributed by atoms with van der Waals surface area (Å²) in [6.07, 6.45) is 1.48. The molecular formula is C19H21N4O3S+. The lowest BCUT2D eigenvalue weighted by Gasteiger charge is -2.27. The van der Waals surface area contributed by atoms with Gasteiger partial charge in [0.25, 0.3) is 5.69 Å². The van der Waals surface area contributed by atoms with Gasteiger partial charge in [-0.1, -0.05) is 18.2 Å². The number of fused-ring (bicyclic) bond motifs is 1. The third-order valence-corrected chi connectivity index (χ3v) is 5.51. The van der Waals surface area contributed by atoms with Gasteiger partial charge in [-0.05, 0) is 43.3 Å². The summed E-state index contributed by atoms with van der Waals surface area (Å²) in [5.74, 6) is 0. The van der Waals surface area contributed by atoms with Crippen LogP contribution < -0.4 is 4.90 Å². The van der Waals surface area contributed by atoms with Gasteiger partial charge in [0.1, 0.15) is 12.6 Å². The molecule has 1 unspecified atom stereocenters. The van der Waals surface area contributed by atoms with Crippen molar-refractivity contribution in [2.45, 2.75) is 25.6 Å². The minimum absolute atomic E-state index is 0.0464. The van der Waals surface area contributed by atoms with Crippen molar-refractivity contribution in [1.82, 2.24) is 9.13 Å². The fourth-order valence-corrected chi connectivity index (χ4v) is 4.20. The van der Waals surface area contributed by atoms with Gasteiger partial charge < -0.3 is 10.0 Å². The molecule has 7 nitrogen and oxygen atoms in total. The first kappa shape index (κ1) is 17.8. The molecule has 4 rings (SSSR count). The highest BCUT2D eigenvalue weighted by molar-refractivity contribution is 7.71. The van der Waals surface area contributed by atoms with Gasteiger partial charge in [-0.25, -0.2) is 0 Å². The van der Waals surface area contributed by atoms with Crippen LogP contribution in [-0.4, -0.2) is 38.4 Å². The number of benzene rings is 2. The highest BCUT2D eigenvalue weighted by atomic mass is 32.1. The Balaban J connectivity index is 1.88. The Hall–Kier alpha value is -2.55. The molecule has 2 aromatic carbocycles. The topological polar surface area (TPSA) is 77.7 Å². The van der Waals surface area contributed by atoms with E-state index in [-0.39, 0.29) is 16.7 Å². The average Bonchev–Trinajstić information content (AvgIpc) is 2.93.